The molecule has 0 atom stereocenters. The van der Waals surface area contributed by atoms with Crippen molar-refractivity contribution in [2.24, 2.45) is 0 Å². The zero-order chi connectivity index (χ0) is 12.8. The zero-order valence-corrected chi connectivity index (χ0v) is 11.1. The van der Waals surface area contributed by atoms with Crippen molar-refractivity contribution in [3.05, 3.63) is 29.8 Å². The van der Waals surface area contributed by atoms with E-state index in [1.807, 2.05) is 12.1 Å². The predicted octanol–water partition coefficient (Wildman–Crippen LogP) is 2.08. The highest BCUT2D eigenvalue weighted by atomic mass is 16.5. The molecule has 100 valence electrons. The average molecular weight is 249 g/mol. The van der Waals surface area contributed by atoms with Gasteiger partial charge in [0, 0.05) is 19.6 Å². The third-order valence-corrected chi connectivity index (χ3v) is 3.58. The van der Waals surface area contributed by atoms with Crippen LogP contribution in [0.5, 0.6) is 5.75 Å². The fourth-order valence-electron chi connectivity index (χ4n) is 2.36. The first-order chi connectivity index (χ1) is 8.79. The van der Waals surface area contributed by atoms with Crippen LogP contribution in [-0.2, 0) is 6.42 Å². The van der Waals surface area contributed by atoms with E-state index >= 15 is 0 Å². The van der Waals surface area contributed by atoms with Crippen molar-refractivity contribution >= 4 is 0 Å². The minimum absolute atomic E-state index is 0.0945. The van der Waals surface area contributed by atoms with Gasteiger partial charge in [-0.05, 0) is 30.9 Å². The number of ether oxygens (including phenoxy) is 1. The zero-order valence-electron chi connectivity index (χ0n) is 11.1. The summed E-state index contributed by atoms with van der Waals surface area (Å²) in [5.41, 5.74) is 1.27. The molecule has 1 aromatic carbocycles. The number of aryl methyl sites for hydroxylation is 1. The van der Waals surface area contributed by atoms with Crippen molar-refractivity contribution in [3.63, 3.8) is 0 Å². The first-order valence-corrected chi connectivity index (χ1v) is 6.90. The number of aliphatic hydroxyl groups is 1. The molecule has 1 fully saturated rings. The Morgan fingerprint density at radius 2 is 2.00 bits per heavy atom. The van der Waals surface area contributed by atoms with Crippen LogP contribution in [0.1, 0.15) is 25.3 Å². The molecule has 2 rings (SSSR count). The van der Waals surface area contributed by atoms with Crippen molar-refractivity contribution < 1.29 is 9.84 Å². The predicted molar refractivity (Wildman–Crippen MR) is 73.0 cm³/mol. The topological polar surface area (TPSA) is 32.7 Å². The van der Waals surface area contributed by atoms with Crippen molar-refractivity contribution in [2.45, 2.75) is 32.3 Å². The highest BCUT2D eigenvalue weighted by Gasteiger charge is 2.16. The SMILES string of the molecule is CCc1ccccc1OCCN1CCC(O)CC1. The fraction of sp³-hybridized carbons (Fsp3) is 0.600. The van der Waals surface area contributed by atoms with Gasteiger partial charge >= 0.3 is 0 Å². The molecule has 1 aromatic rings. The summed E-state index contributed by atoms with van der Waals surface area (Å²) in [6.45, 7) is 5.80. The molecule has 0 spiro atoms. The molecule has 1 heterocycles. The van der Waals surface area contributed by atoms with Crippen molar-refractivity contribution in [3.8, 4) is 5.75 Å². The van der Waals surface area contributed by atoms with Gasteiger partial charge in [-0.3, -0.25) is 4.90 Å². The Morgan fingerprint density at radius 1 is 1.28 bits per heavy atom. The third-order valence-electron chi connectivity index (χ3n) is 3.58. The van der Waals surface area contributed by atoms with Crippen LogP contribution in [0.3, 0.4) is 0 Å². The molecule has 3 heteroatoms. The van der Waals surface area contributed by atoms with Crippen LogP contribution >= 0.6 is 0 Å². The lowest BCUT2D eigenvalue weighted by Crippen LogP contribution is -2.38. The first-order valence-electron chi connectivity index (χ1n) is 6.90. The largest absolute Gasteiger partial charge is 0.492 e. The maximum Gasteiger partial charge on any atom is 0.122 e. The Kier molecular flexibility index (Phi) is 5.02. The van der Waals surface area contributed by atoms with Gasteiger partial charge in [-0.25, -0.2) is 0 Å². The van der Waals surface area contributed by atoms with E-state index in [0.29, 0.717) is 0 Å². The van der Waals surface area contributed by atoms with Crippen molar-refractivity contribution in [1.82, 2.24) is 4.90 Å². The summed E-state index contributed by atoms with van der Waals surface area (Å²) < 4.78 is 5.85. The smallest absolute Gasteiger partial charge is 0.122 e. The minimum atomic E-state index is -0.0945. The van der Waals surface area contributed by atoms with E-state index < -0.39 is 0 Å². The molecular formula is C15H23NO2. The molecule has 0 bridgehead atoms. The molecule has 18 heavy (non-hydrogen) atoms. The second-order valence-electron chi connectivity index (χ2n) is 4.88. The van der Waals surface area contributed by atoms with Crippen LogP contribution in [0.2, 0.25) is 0 Å². The number of aliphatic hydroxyl groups excluding tert-OH is 1. The van der Waals surface area contributed by atoms with Gasteiger partial charge in [-0.15, -0.1) is 0 Å². The Morgan fingerprint density at radius 3 is 2.72 bits per heavy atom. The van der Waals surface area contributed by atoms with Gasteiger partial charge in [0.05, 0.1) is 6.10 Å². The van der Waals surface area contributed by atoms with E-state index in [9.17, 15) is 5.11 Å². The molecule has 3 nitrogen and oxygen atoms in total. The Labute approximate surface area is 109 Å². The number of likely N-dealkylation sites (tertiary alicyclic amines) is 1. The highest BCUT2D eigenvalue weighted by molar-refractivity contribution is 5.33. The van der Waals surface area contributed by atoms with Gasteiger partial charge in [-0.1, -0.05) is 25.1 Å². The fourth-order valence-corrected chi connectivity index (χ4v) is 2.36. The van der Waals surface area contributed by atoms with Gasteiger partial charge in [0.2, 0.25) is 0 Å². The normalized spacial score (nSPS) is 17.9. The van der Waals surface area contributed by atoms with Gasteiger partial charge in [0.1, 0.15) is 12.4 Å². The number of hydrogen-bond donors (Lipinski definition) is 1. The van der Waals surface area contributed by atoms with Crippen LogP contribution in [0.25, 0.3) is 0 Å². The molecule has 1 aliphatic heterocycles. The summed E-state index contributed by atoms with van der Waals surface area (Å²) in [4.78, 5) is 2.36. The van der Waals surface area contributed by atoms with Crippen LogP contribution in [0, 0.1) is 0 Å². The first kappa shape index (κ1) is 13.4. The quantitative estimate of drug-likeness (QED) is 0.867. The molecule has 0 aromatic heterocycles. The van der Waals surface area contributed by atoms with E-state index in [-0.39, 0.29) is 6.10 Å². The van der Waals surface area contributed by atoms with Crippen LogP contribution in [-0.4, -0.2) is 42.4 Å². The van der Waals surface area contributed by atoms with Crippen molar-refractivity contribution in [1.29, 1.82) is 0 Å². The maximum absolute atomic E-state index is 9.44. The average Bonchev–Trinajstić information content (AvgIpc) is 2.41. The molecule has 0 saturated carbocycles. The summed E-state index contributed by atoms with van der Waals surface area (Å²) >= 11 is 0. The van der Waals surface area contributed by atoms with E-state index in [1.165, 1.54) is 5.56 Å². The molecule has 1 N–H and O–H groups in total. The summed E-state index contributed by atoms with van der Waals surface area (Å²) in [7, 11) is 0. The van der Waals surface area contributed by atoms with Gasteiger partial charge in [0.15, 0.2) is 0 Å². The van der Waals surface area contributed by atoms with Gasteiger partial charge in [0.25, 0.3) is 0 Å². The van der Waals surface area contributed by atoms with Crippen molar-refractivity contribution in [2.75, 3.05) is 26.2 Å². The molecule has 1 saturated heterocycles. The summed E-state index contributed by atoms with van der Waals surface area (Å²) in [6.07, 6.45) is 2.70. The Bertz CT molecular complexity index is 359. The summed E-state index contributed by atoms with van der Waals surface area (Å²) in [5, 5.41) is 9.44. The summed E-state index contributed by atoms with van der Waals surface area (Å²) in [5.74, 6) is 1.01. The van der Waals surface area contributed by atoms with E-state index in [4.69, 9.17) is 4.74 Å². The molecule has 0 radical (unpaired) electrons. The molecule has 1 aliphatic rings. The maximum atomic E-state index is 9.44. The Hall–Kier alpha value is -1.06. The molecule has 0 amide bonds. The lowest BCUT2D eigenvalue weighted by molar-refractivity contribution is 0.0754. The monoisotopic (exact) mass is 249 g/mol. The third kappa shape index (κ3) is 3.72. The Balaban J connectivity index is 1.75. The number of benzene rings is 1. The molecular weight excluding hydrogens is 226 g/mol. The number of piperidine rings is 1. The lowest BCUT2D eigenvalue weighted by atomic mass is 10.1. The van der Waals surface area contributed by atoms with Crippen LogP contribution in [0.15, 0.2) is 24.3 Å². The van der Waals surface area contributed by atoms with Gasteiger partial charge in [-0.2, -0.15) is 0 Å². The van der Waals surface area contributed by atoms with Crippen LogP contribution in [0.4, 0.5) is 0 Å². The standard InChI is InChI=1S/C15H23NO2/c1-2-13-5-3-4-6-15(13)18-12-11-16-9-7-14(17)8-10-16/h3-6,14,17H,2,7-12H2,1H3. The van der Waals surface area contributed by atoms with E-state index in [2.05, 4.69) is 24.0 Å². The van der Waals surface area contributed by atoms with E-state index in [1.54, 1.807) is 0 Å². The summed E-state index contributed by atoms with van der Waals surface area (Å²) in [6, 6.07) is 8.23. The number of rotatable bonds is 5. The lowest BCUT2D eigenvalue weighted by Gasteiger charge is -2.29. The van der Waals surface area contributed by atoms with Gasteiger partial charge < -0.3 is 9.84 Å². The van der Waals surface area contributed by atoms with E-state index in [0.717, 1.165) is 51.3 Å². The second-order valence-corrected chi connectivity index (χ2v) is 4.88. The number of para-hydroxylation sites is 1. The highest BCUT2D eigenvalue weighted by Crippen LogP contribution is 2.18. The second kappa shape index (κ2) is 6.76. The number of hydrogen-bond acceptors (Lipinski definition) is 3. The minimum Gasteiger partial charge on any atom is -0.492 e. The van der Waals surface area contributed by atoms with Crippen LogP contribution < -0.4 is 4.74 Å². The number of nitrogens with zero attached hydrogens (tertiary/aromatic N) is 1. The molecule has 0 aliphatic carbocycles. The molecule has 0 unspecified atom stereocenters.